The SMILES string of the molecule is N#CCNC(=O)COCC1CCNC1. The topological polar surface area (TPSA) is 74.2 Å². The molecule has 1 atom stereocenters. The third kappa shape index (κ3) is 4.21. The monoisotopic (exact) mass is 197 g/mol. The largest absolute Gasteiger partial charge is 0.371 e. The summed E-state index contributed by atoms with van der Waals surface area (Å²) in [7, 11) is 0. The Hall–Kier alpha value is -1.12. The van der Waals surface area contributed by atoms with Crippen LogP contribution in [0.25, 0.3) is 0 Å². The van der Waals surface area contributed by atoms with Crippen molar-refractivity contribution >= 4 is 5.91 Å². The van der Waals surface area contributed by atoms with Crippen molar-refractivity contribution in [2.24, 2.45) is 5.92 Å². The maximum absolute atomic E-state index is 11.0. The number of ether oxygens (including phenoxy) is 1. The minimum Gasteiger partial charge on any atom is -0.371 e. The predicted octanol–water partition coefficient (Wildman–Crippen LogP) is -0.748. The van der Waals surface area contributed by atoms with E-state index in [1.54, 1.807) is 0 Å². The van der Waals surface area contributed by atoms with E-state index in [0.29, 0.717) is 12.5 Å². The first-order chi connectivity index (χ1) is 6.83. The quantitative estimate of drug-likeness (QED) is 0.569. The molecule has 2 N–H and O–H groups in total. The fraction of sp³-hybridized carbons (Fsp3) is 0.778. The number of nitrogens with one attached hydrogen (secondary N) is 2. The summed E-state index contributed by atoms with van der Waals surface area (Å²) in [6, 6.07) is 1.83. The second-order valence-electron chi connectivity index (χ2n) is 3.31. The number of carbonyl (C=O) groups is 1. The van der Waals surface area contributed by atoms with Crippen molar-refractivity contribution in [3.05, 3.63) is 0 Å². The van der Waals surface area contributed by atoms with Crippen molar-refractivity contribution in [1.82, 2.24) is 10.6 Å². The Labute approximate surface area is 83.4 Å². The second-order valence-corrected chi connectivity index (χ2v) is 3.31. The first-order valence-corrected chi connectivity index (χ1v) is 4.75. The Bertz CT molecular complexity index is 219. The maximum Gasteiger partial charge on any atom is 0.246 e. The van der Waals surface area contributed by atoms with E-state index in [0.717, 1.165) is 19.5 Å². The van der Waals surface area contributed by atoms with Gasteiger partial charge in [-0.1, -0.05) is 0 Å². The molecule has 0 aromatic heterocycles. The van der Waals surface area contributed by atoms with Crippen LogP contribution in [-0.4, -0.2) is 38.8 Å². The summed E-state index contributed by atoms with van der Waals surface area (Å²) >= 11 is 0. The minimum absolute atomic E-state index is 0.0488. The average molecular weight is 197 g/mol. The fourth-order valence-corrected chi connectivity index (χ4v) is 1.36. The number of hydrogen-bond donors (Lipinski definition) is 2. The molecule has 0 spiro atoms. The highest BCUT2D eigenvalue weighted by atomic mass is 16.5. The Balaban J connectivity index is 1.97. The summed E-state index contributed by atoms with van der Waals surface area (Å²) < 4.78 is 5.21. The zero-order valence-electron chi connectivity index (χ0n) is 8.08. The molecule has 0 aliphatic carbocycles. The van der Waals surface area contributed by atoms with E-state index in [1.807, 2.05) is 6.07 Å². The average Bonchev–Trinajstić information content (AvgIpc) is 2.67. The lowest BCUT2D eigenvalue weighted by atomic mass is 10.1. The van der Waals surface area contributed by atoms with Crippen LogP contribution in [0.4, 0.5) is 0 Å². The maximum atomic E-state index is 11.0. The normalized spacial score (nSPS) is 20.4. The molecule has 1 saturated heterocycles. The van der Waals surface area contributed by atoms with Crippen LogP contribution >= 0.6 is 0 Å². The summed E-state index contributed by atoms with van der Waals surface area (Å²) in [5.74, 6) is 0.302. The lowest BCUT2D eigenvalue weighted by molar-refractivity contribution is -0.125. The number of rotatable bonds is 5. The molecule has 1 fully saturated rings. The van der Waals surface area contributed by atoms with Crippen LogP contribution in [0, 0.1) is 17.2 Å². The van der Waals surface area contributed by atoms with E-state index < -0.39 is 0 Å². The zero-order valence-corrected chi connectivity index (χ0v) is 8.08. The molecule has 5 heteroatoms. The number of nitriles is 1. The van der Waals surface area contributed by atoms with E-state index in [2.05, 4.69) is 10.6 Å². The molecule has 0 saturated carbocycles. The van der Waals surface area contributed by atoms with E-state index in [-0.39, 0.29) is 19.1 Å². The predicted molar refractivity (Wildman–Crippen MR) is 50.4 cm³/mol. The summed E-state index contributed by atoms with van der Waals surface area (Å²) in [5, 5.41) is 13.8. The molecule has 0 aromatic rings. The van der Waals surface area contributed by atoms with Gasteiger partial charge in [-0.15, -0.1) is 0 Å². The van der Waals surface area contributed by atoms with Crippen molar-refractivity contribution in [3.8, 4) is 6.07 Å². The number of nitrogens with zero attached hydrogens (tertiary/aromatic N) is 1. The zero-order chi connectivity index (χ0) is 10.2. The van der Waals surface area contributed by atoms with Crippen LogP contribution in [0.3, 0.4) is 0 Å². The van der Waals surface area contributed by atoms with Gasteiger partial charge in [0.1, 0.15) is 13.2 Å². The van der Waals surface area contributed by atoms with E-state index in [1.165, 1.54) is 0 Å². The van der Waals surface area contributed by atoms with Crippen molar-refractivity contribution in [2.45, 2.75) is 6.42 Å². The fourth-order valence-electron chi connectivity index (χ4n) is 1.36. The first kappa shape index (κ1) is 11.0. The van der Waals surface area contributed by atoms with Crippen LogP contribution in [0.1, 0.15) is 6.42 Å². The molecular weight excluding hydrogens is 182 g/mol. The number of carbonyl (C=O) groups excluding carboxylic acids is 1. The van der Waals surface area contributed by atoms with Crippen molar-refractivity contribution in [3.63, 3.8) is 0 Å². The molecule has 1 heterocycles. The van der Waals surface area contributed by atoms with E-state index in [4.69, 9.17) is 10.00 Å². The van der Waals surface area contributed by atoms with Crippen molar-refractivity contribution in [1.29, 1.82) is 5.26 Å². The van der Waals surface area contributed by atoms with Crippen LogP contribution < -0.4 is 10.6 Å². The summed E-state index contributed by atoms with van der Waals surface area (Å²) in [6.07, 6.45) is 1.11. The highest BCUT2D eigenvalue weighted by molar-refractivity contribution is 5.77. The van der Waals surface area contributed by atoms with Crippen LogP contribution in [0.2, 0.25) is 0 Å². The summed E-state index contributed by atoms with van der Waals surface area (Å²) in [6.45, 7) is 2.73. The molecule has 1 unspecified atom stereocenters. The van der Waals surface area contributed by atoms with Crippen LogP contribution in [0.5, 0.6) is 0 Å². The highest BCUT2D eigenvalue weighted by Crippen LogP contribution is 2.06. The van der Waals surface area contributed by atoms with Gasteiger partial charge in [-0.3, -0.25) is 4.79 Å². The van der Waals surface area contributed by atoms with Crippen LogP contribution in [-0.2, 0) is 9.53 Å². The molecule has 0 bridgehead atoms. The molecule has 5 nitrogen and oxygen atoms in total. The third-order valence-electron chi connectivity index (χ3n) is 2.11. The highest BCUT2D eigenvalue weighted by Gasteiger charge is 2.14. The van der Waals surface area contributed by atoms with Gasteiger partial charge in [-0.2, -0.15) is 5.26 Å². The van der Waals surface area contributed by atoms with Gasteiger partial charge in [0.05, 0.1) is 12.7 Å². The second kappa shape index (κ2) is 6.35. The number of amides is 1. The van der Waals surface area contributed by atoms with Crippen molar-refractivity contribution in [2.75, 3.05) is 32.8 Å². The van der Waals surface area contributed by atoms with Gasteiger partial charge in [-0.25, -0.2) is 0 Å². The molecule has 1 aliphatic rings. The van der Waals surface area contributed by atoms with E-state index >= 15 is 0 Å². The van der Waals surface area contributed by atoms with Gasteiger partial charge in [0.2, 0.25) is 5.91 Å². The van der Waals surface area contributed by atoms with Gasteiger partial charge < -0.3 is 15.4 Å². The molecule has 0 aromatic carbocycles. The first-order valence-electron chi connectivity index (χ1n) is 4.75. The van der Waals surface area contributed by atoms with Gasteiger partial charge in [0, 0.05) is 6.54 Å². The molecule has 1 aliphatic heterocycles. The summed E-state index contributed by atoms with van der Waals surface area (Å²) in [5.41, 5.74) is 0. The lowest BCUT2D eigenvalue weighted by Gasteiger charge is -2.08. The van der Waals surface area contributed by atoms with Gasteiger partial charge in [-0.05, 0) is 18.9 Å². The van der Waals surface area contributed by atoms with E-state index in [9.17, 15) is 4.79 Å². The lowest BCUT2D eigenvalue weighted by Crippen LogP contribution is -2.28. The minimum atomic E-state index is -0.225. The Morgan fingerprint density at radius 1 is 1.71 bits per heavy atom. The summed E-state index contributed by atoms with van der Waals surface area (Å²) in [4.78, 5) is 11.0. The molecule has 0 radical (unpaired) electrons. The Kier molecular flexibility index (Phi) is 4.97. The third-order valence-corrected chi connectivity index (χ3v) is 2.11. The smallest absolute Gasteiger partial charge is 0.246 e. The molecule has 1 rings (SSSR count). The molecular formula is C9H15N3O2. The van der Waals surface area contributed by atoms with Gasteiger partial charge in [0.15, 0.2) is 0 Å². The number of hydrogen-bond acceptors (Lipinski definition) is 4. The Morgan fingerprint density at radius 2 is 2.57 bits per heavy atom. The standard InChI is InChI=1S/C9H15N3O2/c10-2-4-12-9(13)7-14-6-8-1-3-11-5-8/h8,11H,1,3-7H2,(H,12,13). The molecule has 78 valence electrons. The van der Waals surface area contributed by atoms with Crippen molar-refractivity contribution < 1.29 is 9.53 Å². The molecule has 1 amide bonds. The Morgan fingerprint density at radius 3 is 3.21 bits per heavy atom. The van der Waals surface area contributed by atoms with Crippen LogP contribution in [0.15, 0.2) is 0 Å². The van der Waals surface area contributed by atoms with Gasteiger partial charge in [0.25, 0.3) is 0 Å². The molecule has 14 heavy (non-hydrogen) atoms. The van der Waals surface area contributed by atoms with Gasteiger partial charge >= 0.3 is 0 Å².